The van der Waals surface area contributed by atoms with Gasteiger partial charge < -0.3 is 0 Å². The third-order valence-electron chi connectivity index (χ3n) is 5.32. The summed E-state index contributed by atoms with van der Waals surface area (Å²) in [5, 5.41) is 4.39. The van der Waals surface area contributed by atoms with Gasteiger partial charge in [-0.25, -0.2) is 16.8 Å². The standard InChI is InChI=1S/C23H20FN3O2S/c1-16-11-23(21-7-2-3-8-22(21)24)27(14-16)30(28,29)20-6-4-5-17(12-20)18-13-25-26(15-18)19-9-10-19/h2-8,11-15,19H,9-10H2,1H3. The van der Waals surface area contributed by atoms with Crippen molar-refractivity contribution < 1.29 is 12.8 Å². The molecule has 0 N–H and O–H groups in total. The molecule has 1 aliphatic rings. The first-order valence-electron chi connectivity index (χ1n) is 9.77. The third-order valence-corrected chi connectivity index (χ3v) is 6.99. The van der Waals surface area contributed by atoms with Crippen molar-refractivity contribution in [3.05, 3.63) is 84.6 Å². The zero-order valence-corrected chi connectivity index (χ0v) is 17.2. The molecule has 0 bridgehead atoms. The van der Waals surface area contributed by atoms with E-state index in [2.05, 4.69) is 5.10 Å². The van der Waals surface area contributed by atoms with Gasteiger partial charge in [-0.2, -0.15) is 5.10 Å². The van der Waals surface area contributed by atoms with Crippen LogP contribution in [0.15, 0.2) is 78.1 Å². The average molecular weight is 421 g/mol. The molecule has 2 heterocycles. The normalized spacial score (nSPS) is 14.2. The fourth-order valence-corrected chi connectivity index (χ4v) is 5.08. The van der Waals surface area contributed by atoms with Crippen molar-refractivity contribution in [2.45, 2.75) is 30.7 Å². The minimum atomic E-state index is -3.92. The predicted octanol–water partition coefficient (Wildman–Crippen LogP) is 5.04. The van der Waals surface area contributed by atoms with Crippen molar-refractivity contribution in [1.29, 1.82) is 0 Å². The highest BCUT2D eigenvalue weighted by Gasteiger charge is 2.25. The smallest absolute Gasteiger partial charge is 0.268 e. The highest BCUT2D eigenvalue weighted by Crippen LogP contribution is 2.35. The predicted molar refractivity (Wildman–Crippen MR) is 113 cm³/mol. The molecule has 0 amide bonds. The van der Waals surface area contributed by atoms with E-state index >= 15 is 0 Å². The SMILES string of the molecule is Cc1cc(-c2ccccc2F)n(S(=O)(=O)c2cccc(-c3cnn(C4CC4)c3)c2)c1. The van der Waals surface area contributed by atoms with Crippen molar-refractivity contribution in [1.82, 2.24) is 13.8 Å². The molecule has 2 aromatic heterocycles. The van der Waals surface area contributed by atoms with E-state index < -0.39 is 15.8 Å². The molecule has 30 heavy (non-hydrogen) atoms. The van der Waals surface area contributed by atoms with Gasteiger partial charge in [0.25, 0.3) is 10.0 Å². The van der Waals surface area contributed by atoms with Crippen LogP contribution in [0.5, 0.6) is 0 Å². The first kappa shape index (κ1) is 18.8. The Balaban J connectivity index is 1.59. The summed E-state index contributed by atoms with van der Waals surface area (Å²) in [5.41, 5.74) is 2.93. The first-order valence-corrected chi connectivity index (χ1v) is 11.2. The van der Waals surface area contributed by atoms with Crippen LogP contribution in [-0.4, -0.2) is 22.2 Å². The van der Waals surface area contributed by atoms with Gasteiger partial charge in [0.15, 0.2) is 0 Å². The van der Waals surface area contributed by atoms with E-state index in [-0.39, 0.29) is 10.5 Å². The van der Waals surface area contributed by atoms with E-state index in [1.807, 2.05) is 16.9 Å². The van der Waals surface area contributed by atoms with Gasteiger partial charge in [-0.05, 0) is 61.2 Å². The highest BCUT2D eigenvalue weighted by atomic mass is 32.2. The summed E-state index contributed by atoms with van der Waals surface area (Å²) < 4.78 is 44.4. The molecule has 5 rings (SSSR count). The van der Waals surface area contributed by atoms with Crippen LogP contribution in [0.25, 0.3) is 22.4 Å². The molecule has 2 aromatic carbocycles. The van der Waals surface area contributed by atoms with Crippen molar-refractivity contribution in [2.24, 2.45) is 0 Å². The maximum absolute atomic E-state index is 14.4. The maximum Gasteiger partial charge on any atom is 0.268 e. The molecule has 1 aliphatic carbocycles. The number of benzene rings is 2. The lowest BCUT2D eigenvalue weighted by atomic mass is 10.1. The third kappa shape index (κ3) is 3.25. The summed E-state index contributed by atoms with van der Waals surface area (Å²) in [6.45, 7) is 1.79. The van der Waals surface area contributed by atoms with E-state index in [1.54, 1.807) is 55.6 Å². The van der Waals surface area contributed by atoms with E-state index in [0.29, 0.717) is 11.7 Å². The molecule has 0 radical (unpaired) electrons. The van der Waals surface area contributed by atoms with E-state index in [1.165, 1.54) is 12.3 Å². The lowest BCUT2D eigenvalue weighted by Gasteiger charge is -2.12. The summed E-state index contributed by atoms with van der Waals surface area (Å²) in [7, 11) is -3.92. The Kier molecular flexibility index (Phi) is 4.36. The molecular weight excluding hydrogens is 401 g/mol. The molecule has 0 spiro atoms. The van der Waals surface area contributed by atoms with Crippen molar-refractivity contribution >= 4 is 10.0 Å². The van der Waals surface area contributed by atoms with E-state index in [0.717, 1.165) is 33.5 Å². The van der Waals surface area contributed by atoms with Gasteiger partial charge in [-0.1, -0.05) is 24.3 Å². The summed E-state index contributed by atoms with van der Waals surface area (Å²) in [4.78, 5) is 0.146. The molecule has 152 valence electrons. The monoisotopic (exact) mass is 421 g/mol. The summed E-state index contributed by atoms with van der Waals surface area (Å²) in [6, 6.07) is 15.1. The quantitative estimate of drug-likeness (QED) is 0.454. The lowest BCUT2D eigenvalue weighted by Crippen LogP contribution is -2.13. The largest absolute Gasteiger partial charge is 0.269 e. The van der Waals surface area contributed by atoms with Crippen LogP contribution in [0.1, 0.15) is 24.4 Å². The number of aromatic nitrogens is 3. The topological polar surface area (TPSA) is 56.9 Å². The van der Waals surface area contributed by atoms with Crippen LogP contribution in [0.3, 0.4) is 0 Å². The molecule has 7 heteroatoms. The molecule has 0 atom stereocenters. The second-order valence-electron chi connectivity index (χ2n) is 7.65. The van der Waals surface area contributed by atoms with Crippen LogP contribution in [-0.2, 0) is 10.0 Å². The minimum absolute atomic E-state index is 0.146. The van der Waals surface area contributed by atoms with Gasteiger partial charge in [-0.3, -0.25) is 4.68 Å². The first-order chi connectivity index (χ1) is 14.4. The van der Waals surface area contributed by atoms with Crippen molar-refractivity contribution in [3.63, 3.8) is 0 Å². The Hall–Kier alpha value is -3.19. The fourth-order valence-electron chi connectivity index (χ4n) is 3.61. The summed E-state index contributed by atoms with van der Waals surface area (Å²) in [6.07, 6.45) is 7.49. The molecule has 1 fully saturated rings. The number of hydrogen-bond donors (Lipinski definition) is 0. The summed E-state index contributed by atoms with van der Waals surface area (Å²) >= 11 is 0. The highest BCUT2D eigenvalue weighted by molar-refractivity contribution is 7.90. The number of nitrogens with zero attached hydrogens (tertiary/aromatic N) is 3. The number of rotatable bonds is 5. The Morgan fingerprint density at radius 2 is 1.80 bits per heavy atom. The number of halogens is 1. The van der Waals surface area contributed by atoms with Crippen LogP contribution < -0.4 is 0 Å². The Morgan fingerprint density at radius 3 is 2.57 bits per heavy atom. The van der Waals surface area contributed by atoms with Crippen molar-refractivity contribution in [3.8, 4) is 22.4 Å². The number of aryl methyl sites for hydroxylation is 1. The van der Waals surface area contributed by atoms with E-state index in [4.69, 9.17) is 0 Å². The Morgan fingerprint density at radius 1 is 1.00 bits per heavy atom. The molecular formula is C23H20FN3O2S. The second-order valence-corrected chi connectivity index (χ2v) is 9.47. The number of hydrogen-bond acceptors (Lipinski definition) is 3. The molecule has 0 unspecified atom stereocenters. The maximum atomic E-state index is 14.4. The molecule has 0 aliphatic heterocycles. The average Bonchev–Trinajstić information content (AvgIpc) is 3.33. The van der Waals surface area contributed by atoms with Crippen LogP contribution in [0, 0.1) is 12.7 Å². The van der Waals surface area contributed by atoms with Crippen molar-refractivity contribution in [2.75, 3.05) is 0 Å². The second kappa shape index (κ2) is 6.95. The van der Waals surface area contributed by atoms with Crippen LogP contribution in [0.4, 0.5) is 4.39 Å². The van der Waals surface area contributed by atoms with Crippen LogP contribution >= 0.6 is 0 Å². The zero-order valence-electron chi connectivity index (χ0n) is 16.4. The van der Waals surface area contributed by atoms with Gasteiger partial charge >= 0.3 is 0 Å². The molecule has 1 saturated carbocycles. The Labute approximate surface area is 174 Å². The van der Waals surface area contributed by atoms with Crippen LogP contribution in [0.2, 0.25) is 0 Å². The van der Waals surface area contributed by atoms with E-state index in [9.17, 15) is 12.8 Å². The molecule has 0 saturated heterocycles. The van der Waals surface area contributed by atoms with Gasteiger partial charge in [-0.15, -0.1) is 0 Å². The van der Waals surface area contributed by atoms with Gasteiger partial charge in [0, 0.05) is 23.5 Å². The molecule has 4 aromatic rings. The Bertz CT molecular complexity index is 1350. The molecule has 5 nitrogen and oxygen atoms in total. The van der Waals surface area contributed by atoms with Gasteiger partial charge in [0.2, 0.25) is 0 Å². The van der Waals surface area contributed by atoms with Gasteiger partial charge in [0.05, 0.1) is 22.8 Å². The summed E-state index contributed by atoms with van der Waals surface area (Å²) in [5.74, 6) is -0.465. The van der Waals surface area contributed by atoms with Gasteiger partial charge in [0.1, 0.15) is 5.82 Å². The minimum Gasteiger partial charge on any atom is -0.269 e. The lowest BCUT2D eigenvalue weighted by molar-refractivity contribution is 0.587. The fraction of sp³-hybridized carbons (Fsp3) is 0.174. The zero-order chi connectivity index (χ0) is 20.9.